The van der Waals surface area contributed by atoms with Crippen LogP contribution in [0.25, 0.3) is 11.3 Å². The molecule has 0 radical (unpaired) electrons. The van der Waals surface area contributed by atoms with Crippen molar-refractivity contribution in [3.05, 3.63) is 33.8 Å². The number of rotatable bonds is 2. The van der Waals surface area contributed by atoms with Crippen LogP contribution in [-0.2, 0) is 0 Å². The Bertz CT molecular complexity index is 525. The van der Waals surface area contributed by atoms with Gasteiger partial charge in [0.1, 0.15) is 11.4 Å². The molecule has 0 saturated carbocycles. The monoisotopic (exact) mass is 301 g/mol. The van der Waals surface area contributed by atoms with Crippen LogP contribution in [0.1, 0.15) is 5.89 Å². The van der Waals surface area contributed by atoms with Gasteiger partial charge in [-0.05, 0) is 34.1 Å². The molecule has 0 aliphatic carbocycles. The molecule has 0 fully saturated rings. The molecule has 2 aromatic rings. The predicted octanol–water partition coefficient (Wildman–Crippen LogP) is 4.07. The Hall–Kier alpha value is -1.00. The van der Waals surface area contributed by atoms with Crippen LogP contribution in [0.3, 0.4) is 0 Å². The molecule has 1 aromatic carbocycles. The largest absolute Gasteiger partial charge is 0.496 e. The van der Waals surface area contributed by atoms with Gasteiger partial charge in [-0.25, -0.2) is 4.98 Å². The topological polar surface area (TPSA) is 35.3 Å². The third-order valence-electron chi connectivity index (χ3n) is 2.11. The summed E-state index contributed by atoms with van der Waals surface area (Å²) in [6.07, 6.45) is 0. The van der Waals surface area contributed by atoms with Crippen molar-refractivity contribution < 1.29 is 9.15 Å². The van der Waals surface area contributed by atoms with Crippen LogP contribution in [0, 0.1) is 6.92 Å². The normalized spacial score (nSPS) is 10.5. The second-order valence-corrected chi connectivity index (χ2v) is 4.36. The first-order valence-corrected chi connectivity index (χ1v) is 5.75. The molecule has 84 valence electrons. The van der Waals surface area contributed by atoms with Crippen molar-refractivity contribution in [2.45, 2.75) is 6.92 Å². The molecule has 0 saturated heterocycles. The summed E-state index contributed by atoms with van der Waals surface area (Å²) < 4.78 is 11.1. The highest BCUT2D eigenvalue weighted by molar-refractivity contribution is 9.10. The molecule has 5 heteroatoms. The molecular weight excluding hydrogens is 293 g/mol. The summed E-state index contributed by atoms with van der Waals surface area (Å²) in [5.74, 6) is 1.29. The van der Waals surface area contributed by atoms with Gasteiger partial charge >= 0.3 is 0 Å². The van der Waals surface area contributed by atoms with Crippen LogP contribution in [0.5, 0.6) is 5.75 Å². The number of aryl methyl sites for hydroxylation is 1. The third-order valence-corrected chi connectivity index (χ3v) is 2.88. The third kappa shape index (κ3) is 2.08. The van der Waals surface area contributed by atoms with Crippen LogP contribution in [-0.4, -0.2) is 12.1 Å². The van der Waals surface area contributed by atoms with Crippen LogP contribution >= 0.6 is 27.5 Å². The average Bonchev–Trinajstić information content (AvgIpc) is 2.57. The fourth-order valence-corrected chi connectivity index (χ4v) is 2.14. The molecule has 0 aliphatic rings. The molecule has 3 nitrogen and oxygen atoms in total. The highest BCUT2D eigenvalue weighted by Crippen LogP contribution is 2.36. The van der Waals surface area contributed by atoms with Gasteiger partial charge in [0.2, 0.25) is 0 Å². The van der Waals surface area contributed by atoms with Gasteiger partial charge in [-0.1, -0.05) is 11.6 Å². The van der Waals surface area contributed by atoms with Gasteiger partial charge in [0.15, 0.2) is 10.6 Å². The lowest BCUT2D eigenvalue weighted by molar-refractivity contribution is 0.416. The maximum atomic E-state index is 5.95. The molecule has 16 heavy (non-hydrogen) atoms. The number of oxazole rings is 1. The van der Waals surface area contributed by atoms with Crippen molar-refractivity contribution in [1.29, 1.82) is 0 Å². The van der Waals surface area contributed by atoms with Gasteiger partial charge in [0.05, 0.1) is 7.11 Å². The molecule has 0 unspecified atom stereocenters. The molecule has 0 N–H and O–H groups in total. The number of ether oxygens (including phenoxy) is 1. The van der Waals surface area contributed by atoms with Gasteiger partial charge in [0, 0.05) is 17.5 Å². The second-order valence-electron chi connectivity index (χ2n) is 3.20. The lowest BCUT2D eigenvalue weighted by Crippen LogP contribution is -1.88. The fraction of sp³-hybridized carbons (Fsp3) is 0.182. The Morgan fingerprint density at radius 2 is 2.19 bits per heavy atom. The number of hydrogen-bond acceptors (Lipinski definition) is 3. The number of nitrogens with zero attached hydrogens (tertiary/aromatic N) is 1. The predicted molar refractivity (Wildman–Crippen MR) is 65.9 cm³/mol. The van der Waals surface area contributed by atoms with E-state index in [4.69, 9.17) is 20.8 Å². The van der Waals surface area contributed by atoms with Crippen molar-refractivity contribution in [3.8, 4) is 17.0 Å². The quantitative estimate of drug-likeness (QED) is 0.838. The summed E-state index contributed by atoms with van der Waals surface area (Å²) in [5.41, 5.74) is 1.50. The number of benzene rings is 1. The van der Waals surface area contributed by atoms with Gasteiger partial charge < -0.3 is 9.15 Å². The Balaban J connectivity index is 2.62. The number of hydrogen-bond donors (Lipinski definition) is 0. The van der Waals surface area contributed by atoms with E-state index in [0.717, 1.165) is 5.56 Å². The minimum Gasteiger partial charge on any atom is -0.496 e. The van der Waals surface area contributed by atoms with Crippen molar-refractivity contribution in [3.63, 3.8) is 0 Å². The molecular formula is C11H9BrClNO2. The minimum atomic E-state index is 0.575. The zero-order chi connectivity index (χ0) is 11.7. The molecule has 1 heterocycles. The Morgan fingerprint density at radius 1 is 1.44 bits per heavy atom. The van der Waals surface area contributed by atoms with Crippen molar-refractivity contribution >= 4 is 27.5 Å². The van der Waals surface area contributed by atoms with Crippen LogP contribution in [0.2, 0.25) is 5.02 Å². The van der Waals surface area contributed by atoms with Gasteiger partial charge in [-0.3, -0.25) is 0 Å². The van der Waals surface area contributed by atoms with Crippen LogP contribution in [0.15, 0.2) is 27.3 Å². The van der Waals surface area contributed by atoms with Crippen LogP contribution in [0.4, 0.5) is 0 Å². The molecule has 0 atom stereocenters. The summed E-state index contributed by atoms with van der Waals surface area (Å²) in [6.45, 7) is 1.78. The van der Waals surface area contributed by atoms with E-state index < -0.39 is 0 Å². The maximum absolute atomic E-state index is 5.95. The highest BCUT2D eigenvalue weighted by atomic mass is 79.9. The zero-order valence-corrected chi connectivity index (χ0v) is 11.1. The number of halogens is 2. The summed E-state index contributed by atoms with van der Waals surface area (Å²) in [7, 11) is 1.60. The van der Waals surface area contributed by atoms with E-state index in [-0.39, 0.29) is 0 Å². The van der Waals surface area contributed by atoms with E-state index in [0.29, 0.717) is 27.0 Å². The van der Waals surface area contributed by atoms with Gasteiger partial charge in [0.25, 0.3) is 0 Å². The molecule has 0 aliphatic heterocycles. The Morgan fingerprint density at radius 3 is 2.75 bits per heavy atom. The van der Waals surface area contributed by atoms with Gasteiger partial charge in [-0.2, -0.15) is 0 Å². The lowest BCUT2D eigenvalue weighted by Gasteiger charge is -2.06. The molecule has 0 amide bonds. The van der Waals surface area contributed by atoms with E-state index in [1.807, 2.05) is 0 Å². The smallest absolute Gasteiger partial charge is 0.197 e. The fourth-order valence-electron chi connectivity index (χ4n) is 1.43. The minimum absolute atomic E-state index is 0.575. The van der Waals surface area contributed by atoms with E-state index in [2.05, 4.69) is 20.9 Å². The molecule has 0 spiro atoms. The maximum Gasteiger partial charge on any atom is 0.197 e. The van der Waals surface area contributed by atoms with Crippen LogP contribution < -0.4 is 4.74 Å². The Labute approximate surface area is 107 Å². The van der Waals surface area contributed by atoms with Gasteiger partial charge in [-0.15, -0.1) is 0 Å². The van der Waals surface area contributed by atoms with E-state index in [9.17, 15) is 0 Å². The van der Waals surface area contributed by atoms with E-state index >= 15 is 0 Å². The first kappa shape index (κ1) is 11.5. The first-order valence-electron chi connectivity index (χ1n) is 4.58. The zero-order valence-electron chi connectivity index (χ0n) is 8.75. The number of aromatic nitrogens is 1. The molecule has 0 bridgehead atoms. The van der Waals surface area contributed by atoms with Crippen molar-refractivity contribution in [2.75, 3.05) is 7.11 Å². The van der Waals surface area contributed by atoms with Crippen molar-refractivity contribution in [1.82, 2.24) is 4.98 Å². The molecule has 2 rings (SSSR count). The molecule has 1 aromatic heterocycles. The average molecular weight is 303 g/mol. The van der Waals surface area contributed by atoms with E-state index in [1.54, 1.807) is 32.2 Å². The summed E-state index contributed by atoms with van der Waals surface area (Å²) in [6, 6.07) is 5.36. The van der Waals surface area contributed by atoms with E-state index in [1.165, 1.54) is 0 Å². The van der Waals surface area contributed by atoms with Crippen molar-refractivity contribution in [2.24, 2.45) is 0 Å². The standard InChI is InChI=1S/C11H9BrClNO2/c1-6-14-10(11(12)16-6)8-5-7(13)3-4-9(8)15-2/h3-5H,1-2H3. The highest BCUT2D eigenvalue weighted by Gasteiger charge is 2.15. The summed E-state index contributed by atoms with van der Waals surface area (Å²) in [5, 5.41) is 0.628. The summed E-state index contributed by atoms with van der Waals surface area (Å²) in [4.78, 5) is 4.28. The number of methoxy groups -OCH3 is 1. The Kier molecular flexibility index (Phi) is 3.21. The second kappa shape index (κ2) is 4.47. The SMILES string of the molecule is COc1ccc(Cl)cc1-c1nc(C)oc1Br. The first-order chi connectivity index (χ1) is 7.61. The lowest BCUT2D eigenvalue weighted by atomic mass is 10.1. The summed E-state index contributed by atoms with van der Waals surface area (Å²) >= 11 is 9.27.